The Morgan fingerprint density at radius 3 is 3.09 bits per heavy atom. The summed E-state index contributed by atoms with van der Waals surface area (Å²) in [5.74, 6) is 1.53. The zero-order valence-electron chi connectivity index (χ0n) is 12.8. The molecule has 8 heteroatoms. The zero-order chi connectivity index (χ0) is 15.5. The summed E-state index contributed by atoms with van der Waals surface area (Å²) < 4.78 is 9.22. The summed E-state index contributed by atoms with van der Waals surface area (Å²) in [5.41, 5.74) is 0.695. The zero-order valence-corrected chi connectivity index (χ0v) is 13.6. The number of hydrogen-bond donors (Lipinski definition) is 0. The third-order valence-electron chi connectivity index (χ3n) is 3.86. The number of carbonyl (C=O) groups is 1. The summed E-state index contributed by atoms with van der Waals surface area (Å²) in [6.07, 6.45) is 3.72. The topological polar surface area (TPSA) is 85.0 Å². The summed E-state index contributed by atoms with van der Waals surface area (Å²) >= 11 is 1.16. The van der Waals surface area contributed by atoms with Crippen molar-refractivity contribution in [3.63, 3.8) is 0 Å². The molecule has 3 heterocycles. The molecule has 0 unspecified atom stereocenters. The Balaban J connectivity index is 1.71. The van der Waals surface area contributed by atoms with Gasteiger partial charge in [0.15, 0.2) is 5.82 Å². The highest BCUT2D eigenvalue weighted by atomic mass is 32.1. The quantitative estimate of drug-likeness (QED) is 0.858. The summed E-state index contributed by atoms with van der Waals surface area (Å²) in [7, 11) is 0. The Morgan fingerprint density at radius 1 is 1.50 bits per heavy atom. The van der Waals surface area contributed by atoms with Crippen molar-refractivity contribution >= 4 is 17.4 Å². The van der Waals surface area contributed by atoms with Crippen LogP contribution >= 0.6 is 11.5 Å². The normalized spacial score (nSPS) is 18.6. The van der Waals surface area contributed by atoms with Crippen molar-refractivity contribution < 1.29 is 9.32 Å². The SMILES string of the molecule is CCCc1noc([C@@H]2CCCN(C(=O)c3snnc3C)C2)n1. The van der Waals surface area contributed by atoms with Crippen LogP contribution < -0.4 is 0 Å². The van der Waals surface area contributed by atoms with Gasteiger partial charge >= 0.3 is 0 Å². The number of amides is 1. The summed E-state index contributed by atoms with van der Waals surface area (Å²) in [4.78, 5) is 19.5. The molecule has 0 bridgehead atoms. The van der Waals surface area contributed by atoms with Crippen molar-refractivity contribution in [2.75, 3.05) is 13.1 Å². The van der Waals surface area contributed by atoms with E-state index in [4.69, 9.17) is 4.52 Å². The minimum Gasteiger partial charge on any atom is -0.339 e. The van der Waals surface area contributed by atoms with Crippen LogP contribution in [0.5, 0.6) is 0 Å². The summed E-state index contributed by atoms with van der Waals surface area (Å²) in [5, 5.41) is 7.92. The average molecular weight is 321 g/mol. The molecular formula is C14H19N5O2S. The molecule has 0 saturated carbocycles. The minimum atomic E-state index is 0.00509. The smallest absolute Gasteiger partial charge is 0.267 e. The fourth-order valence-electron chi connectivity index (χ4n) is 2.69. The van der Waals surface area contributed by atoms with Crippen LogP contribution in [0.25, 0.3) is 0 Å². The molecule has 0 spiro atoms. The maximum absolute atomic E-state index is 12.6. The van der Waals surface area contributed by atoms with Crippen LogP contribution in [0.3, 0.4) is 0 Å². The van der Waals surface area contributed by atoms with Gasteiger partial charge in [0.25, 0.3) is 5.91 Å². The number of piperidine rings is 1. The van der Waals surface area contributed by atoms with Gasteiger partial charge in [0, 0.05) is 19.5 Å². The molecule has 1 atom stereocenters. The van der Waals surface area contributed by atoms with Gasteiger partial charge in [-0.1, -0.05) is 16.6 Å². The number of aryl methyl sites for hydroxylation is 2. The lowest BCUT2D eigenvalue weighted by atomic mass is 9.97. The van der Waals surface area contributed by atoms with Crippen LogP contribution in [-0.2, 0) is 6.42 Å². The first-order valence-corrected chi connectivity index (χ1v) is 8.37. The minimum absolute atomic E-state index is 0.00509. The Bertz CT molecular complexity index is 653. The van der Waals surface area contributed by atoms with Crippen molar-refractivity contribution in [3.8, 4) is 0 Å². The molecule has 1 fully saturated rings. The fraction of sp³-hybridized carbons (Fsp3) is 0.643. The number of aromatic nitrogens is 4. The Morgan fingerprint density at radius 2 is 2.36 bits per heavy atom. The van der Waals surface area contributed by atoms with E-state index in [1.54, 1.807) is 0 Å². The lowest BCUT2D eigenvalue weighted by molar-refractivity contribution is 0.0699. The third-order valence-corrected chi connectivity index (χ3v) is 4.68. The highest BCUT2D eigenvalue weighted by Gasteiger charge is 2.30. The molecule has 1 amide bonds. The van der Waals surface area contributed by atoms with Gasteiger partial charge in [-0.25, -0.2) is 0 Å². The van der Waals surface area contributed by atoms with Gasteiger partial charge in [-0.15, -0.1) is 5.10 Å². The van der Waals surface area contributed by atoms with E-state index < -0.39 is 0 Å². The molecule has 118 valence electrons. The molecule has 0 aromatic carbocycles. The van der Waals surface area contributed by atoms with E-state index in [9.17, 15) is 4.79 Å². The van der Waals surface area contributed by atoms with Crippen LogP contribution in [0.2, 0.25) is 0 Å². The number of carbonyl (C=O) groups excluding carboxylic acids is 1. The summed E-state index contributed by atoms with van der Waals surface area (Å²) in [6.45, 7) is 5.27. The summed E-state index contributed by atoms with van der Waals surface area (Å²) in [6, 6.07) is 0. The molecule has 1 saturated heterocycles. The van der Waals surface area contributed by atoms with Crippen molar-refractivity contribution in [1.82, 2.24) is 24.6 Å². The fourth-order valence-corrected chi connectivity index (χ4v) is 3.32. The van der Waals surface area contributed by atoms with Crippen molar-refractivity contribution in [3.05, 3.63) is 22.3 Å². The van der Waals surface area contributed by atoms with Gasteiger partial charge in [0.05, 0.1) is 11.6 Å². The van der Waals surface area contributed by atoms with Crippen LogP contribution in [-0.4, -0.2) is 43.6 Å². The van der Waals surface area contributed by atoms with Gasteiger partial charge in [-0.2, -0.15) is 4.98 Å². The molecule has 7 nitrogen and oxygen atoms in total. The Kier molecular flexibility index (Phi) is 4.47. The van der Waals surface area contributed by atoms with Crippen LogP contribution in [0, 0.1) is 6.92 Å². The second-order valence-electron chi connectivity index (χ2n) is 5.58. The Hall–Kier alpha value is -1.83. The van der Waals surface area contributed by atoms with Gasteiger partial charge in [0.1, 0.15) is 4.88 Å². The maximum atomic E-state index is 12.6. The molecular weight excluding hydrogens is 302 g/mol. The second-order valence-corrected chi connectivity index (χ2v) is 6.33. The molecule has 0 aliphatic carbocycles. The highest BCUT2D eigenvalue weighted by molar-refractivity contribution is 7.07. The van der Waals surface area contributed by atoms with E-state index in [-0.39, 0.29) is 11.8 Å². The van der Waals surface area contributed by atoms with Crippen molar-refractivity contribution in [1.29, 1.82) is 0 Å². The van der Waals surface area contributed by atoms with E-state index >= 15 is 0 Å². The van der Waals surface area contributed by atoms with Crippen LogP contribution in [0.15, 0.2) is 4.52 Å². The largest absolute Gasteiger partial charge is 0.339 e. The van der Waals surface area contributed by atoms with E-state index in [1.165, 1.54) is 0 Å². The van der Waals surface area contributed by atoms with Crippen LogP contribution in [0.1, 0.15) is 59.2 Å². The predicted octanol–water partition coefficient (Wildman–Crippen LogP) is 2.20. The molecule has 1 aliphatic rings. The average Bonchev–Trinajstić information content (AvgIpc) is 3.16. The first-order chi connectivity index (χ1) is 10.7. The van der Waals surface area contributed by atoms with Gasteiger partial charge < -0.3 is 9.42 Å². The number of rotatable bonds is 4. The van der Waals surface area contributed by atoms with Gasteiger partial charge in [0.2, 0.25) is 5.89 Å². The lowest BCUT2D eigenvalue weighted by Gasteiger charge is -2.30. The third kappa shape index (κ3) is 3.01. The van der Waals surface area contributed by atoms with E-state index in [0.717, 1.165) is 49.6 Å². The molecule has 2 aromatic rings. The number of hydrogen-bond acceptors (Lipinski definition) is 7. The van der Waals surface area contributed by atoms with Gasteiger partial charge in [-0.3, -0.25) is 4.79 Å². The van der Waals surface area contributed by atoms with Crippen LogP contribution in [0.4, 0.5) is 0 Å². The van der Waals surface area contributed by atoms with Gasteiger partial charge in [-0.05, 0) is 37.7 Å². The second kappa shape index (κ2) is 6.51. The standard InChI is InChI=1S/C14H19N5O2S/c1-3-5-11-15-13(21-17-11)10-6-4-7-19(8-10)14(20)12-9(2)16-18-22-12/h10H,3-8H2,1-2H3/t10-/m1/s1. The highest BCUT2D eigenvalue weighted by Crippen LogP contribution is 2.27. The van der Waals surface area contributed by atoms with Crippen molar-refractivity contribution in [2.45, 2.75) is 45.4 Å². The van der Waals surface area contributed by atoms with E-state index in [1.807, 2.05) is 11.8 Å². The monoisotopic (exact) mass is 321 g/mol. The lowest BCUT2D eigenvalue weighted by Crippen LogP contribution is -2.39. The molecule has 2 aromatic heterocycles. The first-order valence-electron chi connectivity index (χ1n) is 7.59. The first kappa shape index (κ1) is 15.1. The van der Waals surface area contributed by atoms with E-state index in [0.29, 0.717) is 23.0 Å². The molecule has 3 rings (SSSR count). The number of nitrogens with zero attached hydrogens (tertiary/aromatic N) is 5. The molecule has 1 aliphatic heterocycles. The molecule has 0 N–H and O–H groups in total. The van der Waals surface area contributed by atoms with Crippen molar-refractivity contribution in [2.24, 2.45) is 0 Å². The Labute approximate surface area is 132 Å². The molecule has 22 heavy (non-hydrogen) atoms. The molecule has 0 radical (unpaired) electrons. The predicted molar refractivity (Wildman–Crippen MR) is 80.8 cm³/mol. The maximum Gasteiger partial charge on any atom is 0.267 e. The number of likely N-dealkylation sites (tertiary alicyclic amines) is 1. The van der Waals surface area contributed by atoms with E-state index in [2.05, 4.69) is 26.7 Å².